The number of rotatable bonds is 3. The van der Waals surface area contributed by atoms with Gasteiger partial charge in [0.25, 0.3) is 0 Å². The topological polar surface area (TPSA) is 12.0 Å². The quantitative estimate of drug-likeness (QED) is 0.632. The van der Waals surface area contributed by atoms with Crippen molar-refractivity contribution >= 4 is 11.6 Å². The summed E-state index contributed by atoms with van der Waals surface area (Å²) in [5, 5.41) is 3.92. The maximum Gasteiger partial charge on any atom is 0.0489 e. The van der Waals surface area contributed by atoms with Crippen molar-refractivity contribution in [1.29, 1.82) is 0 Å². The predicted molar refractivity (Wildman–Crippen MR) is 74.5 cm³/mol. The van der Waals surface area contributed by atoms with Gasteiger partial charge in [-0.3, -0.25) is 0 Å². The summed E-state index contributed by atoms with van der Waals surface area (Å²) >= 11 is 6.42. The second-order valence-corrected chi connectivity index (χ2v) is 5.69. The lowest BCUT2D eigenvalue weighted by atomic mass is 10.1. The van der Waals surface area contributed by atoms with E-state index < -0.39 is 0 Å². The summed E-state index contributed by atoms with van der Waals surface area (Å²) in [4.78, 5) is 0. The molecule has 2 heteroatoms. The maximum atomic E-state index is 6.42. The summed E-state index contributed by atoms with van der Waals surface area (Å²) in [6.07, 6.45) is 6.32. The first-order chi connectivity index (χ1) is 8.25. The number of nitrogens with one attached hydrogen (secondary N) is 1. The molecule has 0 saturated heterocycles. The molecule has 1 aliphatic carbocycles. The Morgan fingerprint density at radius 2 is 1.82 bits per heavy atom. The van der Waals surface area contributed by atoms with Crippen LogP contribution in [0.1, 0.15) is 43.2 Å². The van der Waals surface area contributed by atoms with Crippen LogP contribution in [0.15, 0.2) is 24.3 Å². The van der Waals surface area contributed by atoms with Crippen molar-refractivity contribution in [3.63, 3.8) is 0 Å². The van der Waals surface area contributed by atoms with Crippen LogP contribution in [0.25, 0.3) is 0 Å². The molecule has 1 aromatic rings. The van der Waals surface area contributed by atoms with Crippen LogP contribution < -0.4 is 5.32 Å². The summed E-state index contributed by atoms with van der Waals surface area (Å²) in [5.41, 5.74) is 2.67. The van der Waals surface area contributed by atoms with Crippen LogP contribution in [-0.4, -0.2) is 11.4 Å². The summed E-state index contributed by atoms with van der Waals surface area (Å²) in [7, 11) is 0. The van der Waals surface area contributed by atoms with E-state index in [2.05, 4.69) is 36.5 Å². The van der Waals surface area contributed by atoms with Crippen LogP contribution >= 0.6 is 11.6 Å². The zero-order valence-electron chi connectivity index (χ0n) is 10.6. The Hall–Kier alpha value is -0.530. The third kappa shape index (κ3) is 4.01. The average molecular weight is 252 g/mol. The molecule has 0 radical (unpaired) electrons. The Morgan fingerprint density at radius 3 is 2.59 bits per heavy atom. The molecule has 2 atom stereocenters. The van der Waals surface area contributed by atoms with Crippen molar-refractivity contribution in [2.24, 2.45) is 0 Å². The largest absolute Gasteiger partial charge is 0.308 e. The van der Waals surface area contributed by atoms with Crippen LogP contribution in [0.3, 0.4) is 0 Å². The molecule has 0 aliphatic heterocycles. The van der Waals surface area contributed by atoms with E-state index in [0.29, 0.717) is 11.4 Å². The van der Waals surface area contributed by atoms with Crippen LogP contribution in [0, 0.1) is 6.92 Å². The van der Waals surface area contributed by atoms with E-state index in [-0.39, 0.29) is 0 Å². The molecular weight excluding hydrogens is 230 g/mol. The number of aryl methyl sites for hydroxylation is 1. The molecule has 2 unspecified atom stereocenters. The highest BCUT2D eigenvalue weighted by molar-refractivity contribution is 6.21. The number of benzene rings is 1. The molecule has 17 heavy (non-hydrogen) atoms. The second kappa shape index (κ2) is 6.42. The summed E-state index contributed by atoms with van der Waals surface area (Å²) in [5.74, 6) is 0. The van der Waals surface area contributed by atoms with Gasteiger partial charge in [-0.2, -0.15) is 0 Å². The Bertz CT molecular complexity index is 333. The van der Waals surface area contributed by atoms with Gasteiger partial charge in [-0.25, -0.2) is 0 Å². The van der Waals surface area contributed by atoms with Gasteiger partial charge in [0.1, 0.15) is 0 Å². The summed E-state index contributed by atoms with van der Waals surface area (Å²) in [6.45, 7) is 3.06. The fourth-order valence-corrected chi connectivity index (χ4v) is 2.82. The monoisotopic (exact) mass is 251 g/mol. The highest BCUT2D eigenvalue weighted by atomic mass is 35.5. The molecular formula is C15H22ClN. The predicted octanol–water partition coefficient (Wildman–Crippen LogP) is 4.02. The van der Waals surface area contributed by atoms with Gasteiger partial charge in [-0.1, -0.05) is 49.1 Å². The Morgan fingerprint density at radius 1 is 1.12 bits per heavy atom. The standard InChI is InChI=1S/C15H22ClN/c1-12-7-9-13(10-8-12)11-17-15-6-4-2-3-5-14(15)16/h7-10,14-15,17H,2-6,11H2,1H3. The van der Waals surface area contributed by atoms with Crippen LogP contribution in [0.5, 0.6) is 0 Å². The molecule has 1 fully saturated rings. The Kier molecular flexibility index (Phi) is 4.87. The first kappa shape index (κ1) is 12.9. The number of hydrogen-bond acceptors (Lipinski definition) is 1. The lowest BCUT2D eigenvalue weighted by Crippen LogP contribution is -2.35. The molecule has 0 bridgehead atoms. The van der Waals surface area contributed by atoms with Gasteiger partial charge in [0.2, 0.25) is 0 Å². The normalized spacial score (nSPS) is 25.5. The van der Waals surface area contributed by atoms with E-state index in [0.717, 1.165) is 13.0 Å². The average Bonchev–Trinajstić information content (AvgIpc) is 2.54. The minimum atomic E-state index is 0.308. The smallest absolute Gasteiger partial charge is 0.0489 e. The number of hydrogen-bond donors (Lipinski definition) is 1. The Balaban J connectivity index is 1.85. The van der Waals surface area contributed by atoms with Crippen molar-refractivity contribution in [2.75, 3.05) is 0 Å². The summed E-state index contributed by atoms with van der Waals surface area (Å²) < 4.78 is 0. The summed E-state index contributed by atoms with van der Waals surface area (Å²) in [6, 6.07) is 9.22. The fraction of sp³-hybridized carbons (Fsp3) is 0.600. The van der Waals surface area contributed by atoms with Crippen molar-refractivity contribution in [3.8, 4) is 0 Å². The van der Waals surface area contributed by atoms with E-state index in [1.54, 1.807) is 0 Å². The van der Waals surface area contributed by atoms with E-state index in [4.69, 9.17) is 11.6 Å². The van der Waals surface area contributed by atoms with Crippen molar-refractivity contribution in [2.45, 2.75) is 57.0 Å². The molecule has 1 saturated carbocycles. The van der Waals surface area contributed by atoms with Crippen molar-refractivity contribution in [3.05, 3.63) is 35.4 Å². The molecule has 0 amide bonds. The second-order valence-electron chi connectivity index (χ2n) is 5.13. The van der Waals surface area contributed by atoms with Gasteiger partial charge in [0.15, 0.2) is 0 Å². The van der Waals surface area contributed by atoms with E-state index in [1.807, 2.05) is 0 Å². The number of alkyl halides is 1. The molecule has 1 nitrogen and oxygen atoms in total. The zero-order chi connectivity index (χ0) is 12.1. The zero-order valence-corrected chi connectivity index (χ0v) is 11.3. The van der Waals surface area contributed by atoms with Gasteiger partial charge >= 0.3 is 0 Å². The first-order valence-corrected chi connectivity index (χ1v) is 7.12. The molecule has 0 spiro atoms. The van der Waals surface area contributed by atoms with E-state index in [9.17, 15) is 0 Å². The van der Waals surface area contributed by atoms with Crippen LogP contribution in [-0.2, 0) is 6.54 Å². The molecule has 1 aliphatic rings. The van der Waals surface area contributed by atoms with Crippen molar-refractivity contribution < 1.29 is 0 Å². The van der Waals surface area contributed by atoms with Gasteiger partial charge in [-0.05, 0) is 25.3 Å². The van der Waals surface area contributed by atoms with Crippen molar-refractivity contribution in [1.82, 2.24) is 5.32 Å². The maximum absolute atomic E-state index is 6.42. The molecule has 2 rings (SSSR count). The minimum absolute atomic E-state index is 0.308. The molecule has 0 aromatic heterocycles. The third-order valence-electron chi connectivity index (χ3n) is 3.62. The van der Waals surface area contributed by atoms with Gasteiger partial charge < -0.3 is 5.32 Å². The molecule has 1 aromatic carbocycles. The van der Waals surface area contributed by atoms with Gasteiger partial charge in [0, 0.05) is 18.0 Å². The highest BCUT2D eigenvalue weighted by Crippen LogP contribution is 2.22. The SMILES string of the molecule is Cc1ccc(CNC2CCCCCC2Cl)cc1. The third-order valence-corrected chi connectivity index (χ3v) is 4.14. The fourth-order valence-electron chi connectivity index (χ4n) is 2.45. The van der Waals surface area contributed by atoms with E-state index in [1.165, 1.54) is 36.8 Å². The molecule has 94 valence electrons. The first-order valence-electron chi connectivity index (χ1n) is 6.69. The minimum Gasteiger partial charge on any atom is -0.308 e. The lowest BCUT2D eigenvalue weighted by molar-refractivity contribution is 0.465. The van der Waals surface area contributed by atoms with Gasteiger partial charge in [0.05, 0.1) is 0 Å². The molecule has 1 N–H and O–H groups in total. The van der Waals surface area contributed by atoms with Gasteiger partial charge in [-0.15, -0.1) is 11.6 Å². The Labute approximate surface area is 110 Å². The van der Waals surface area contributed by atoms with Crippen LogP contribution in [0.2, 0.25) is 0 Å². The number of halogens is 1. The lowest BCUT2D eigenvalue weighted by Gasteiger charge is -2.21. The van der Waals surface area contributed by atoms with Crippen LogP contribution in [0.4, 0.5) is 0 Å². The molecule has 0 heterocycles. The van der Waals surface area contributed by atoms with E-state index >= 15 is 0 Å². The highest BCUT2D eigenvalue weighted by Gasteiger charge is 2.20.